The molecule has 0 spiro atoms. The summed E-state index contributed by atoms with van der Waals surface area (Å²) < 4.78 is 5.97. The number of ether oxygens (including phenoxy) is 1. The largest absolute Gasteiger partial charge is 0.374 e. The predicted molar refractivity (Wildman–Crippen MR) is 71.3 cm³/mol. The molecule has 1 aliphatic heterocycles. The van der Waals surface area contributed by atoms with E-state index in [-0.39, 0.29) is 22.7 Å². The Morgan fingerprint density at radius 1 is 1.44 bits per heavy atom. The van der Waals surface area contributed by atoms with Gasteiger partial charge in [0, 0.05) is 17.4 Å². The van der Waals surface area contributed by atoms with Crippen molar-refractivity contribution in [3.8, 4) is 0 Å². The average Bonchev–Trinajstić information content (AvgIpc) is 2.69. The van der Waals surface area contributed by atoms with Crippen LogP contribution in [0.25, 0.3) is 0 Å². The maximum absolute atomic E-state index is 11.8. The summed E-state index contributed by atoms with van der Waals surface area (Å²) in [5.74, 6) is 0.245. The second kappa shape index (κ2) is 3.80. The van der Waals surface area contributed by atoms with Gasteiger partial charge in [-0.2, -0.15) is 0 Å². The van der Waals surface area contributed by atoms with Gasteiger partial charge in [-0.15, -0.1) is 0 Å². The van der Waals surface area contributed by atoms with E-state index in [1.807, 2.05) is 0 Å². The zero-order chi connectivity index (χ0) is 13.0. The van der Waals surface area contributed by atoms with Crippen LogP contribution in [0.5, 0.6) is 0 Å². The highest BCUT2D eigenvalue weighted by atomic mass is 16.5. The number of hydrogen-bond donors (Lipinski definition) is 0. The maximum Gasteiger partial charge on any atom is 0.156 e. The molecule has 1 saturated heterocycles. The van der Waals surface area contributed by atoms with Crippen molar-refractivity contribution in [2.75, 3.05) is 6.61 Å². The van der Waals surface area contributed by atoms with Crippen molar-refractivity contribution in [1.29, 1.82) is 0 Å². The molecule has 18 heavy (non-hydrogen) atoms. The van der Waals surface area contributed by atoms with Gasteiger partial charge >= 0.3 is 0 Å². The lowest BCUT2D eigenvalue weighted by molar-refractivity contribution is -0.117. The highest BCUT2D eigenvalue weighted by molar-refractivity contribution is 5.96. The average molecular weight is 246 g/mol. The zero-order valence-electron chi connectivity index (χ0n) is 11.6. The lowest BCUT2D eigenvalue weighted by Gasteiger charge is -2.55. The van der Waals surface area contributed by atoms with Gasteiger partial charge in [0.15, 0.2) is 5.78 Å². The van der Waals surface area contributed by atoms with Gasteiger partial charge in [0.2, 0.25) is 0 Å². The molecule has 2 aliphatic carbocycles. The van der Waals surface area contributed by atoms with E-state index in [1.165, 1.54) is 12.0 Å². The molecule has 1 heterocycles. The Labute approximate surface area is 109 Å². The maximum atomic E-state index is 11.8. The first-order valence-electron chi connectivity index (χ1n) is 7.00. The molecule has 0 amide bonds. The van der Waals surface area contributed by atoms with Crippen LogP contribution in [0.2, 0.25) is 0 Å². The van der Waals surface area contributed by atoms with Crippen molar-refractivity contribution < 1.29 is 9.53 Å². The summed E-state index contributed by atoms with van der Waals surface area (Å²) in [5, 5.41) is 0. The van der Waals surface area contributed by atoms with Crippen LogP contribution in [0.1, 0.15) is 46.5 Å². The molecule has 3 atom stereocenters. The topological polar surface area (TPSA) is 26.3 Å². The molecule has 0 aromatic carbocycles. The summed E-state index contributed by atoms with van der Waals surface area (Å²) in [7, 11) is 0. The van der Waals surface area contributed by atoms with E-state index in [0.29, 0.717) is 0 Å². The molecule has 3 aliphatic rings. The third kappa shape index (κ3) is 1.36. The first kappa shape index (κ1) is 12.2. The highest BCUT2D eigenvalue weighted by Gasteiger charge is 2.60. The molecule has 0 unspecified atom stereocenters. The molecule has 0 bridgehead atoms. The molecule has 3 rings (SSSR count). The van der Waals surface area contributed by atoms with E-state index >= 15 is 0 Å². The summed E-state index contributed by atoms with van der Waals surface area (Å²) >= 11 is 0. The summed E-state index contributed by atoms with van der Waals surface area (Å²) in [4.78, 5) is 11.8. The first-order chi connectivity index (χ1) is 8.49. The lowest BCUT2D eigenvalue weighted by atomic mass is 9.48. The Hall–Kier alpha value is -0.890. The first-order valence-corrected chi connectivity index (χ1v) is 7.00. The van der Waals surface area contributed by atoms with Gasteiger partial charge < -0.3 is 4.74 Å². The Bertz CT molecular complexity index is 460. The van der Waals surface area contributed by atoms with Crippen molar-refractivity contribution in [1.82, 2.24) is 0 Å². The third-order valence-corrected chi connectivity index (χ3v) is 5.58. The summed E-state index contributed by atoms with van der Waals surface area (Å²) in [6.45, 7) is 7.01. The quantitative estimate of drug-likeness (QED) is 0.698. The molecule has 2 heteroatoms. The van der Waals surface area contributed by atoms with Crippen LogP contribution in [-0.2, 0) is 9.53 Å². The van der Waals surface area contributed by atoms with Crippen LogP contribution < -0.4 is 0 Å². The summed E-state index contributed by atoms with van der Waals surface area (Å²) in [6, 6.07) is 0. The number of carbonyl (C=O) groups excluding carboxylic acids is 1. The van der Waals surface area contributed by atoms with Crippen molar-refractivity contribution in [3.63, 3.8) is 0 Å². The fraction of sp³-hybridized carbons (Fsp3) is 0.688. The van der Waals surface area contributed by atoms with Crippen LogP contribution in [0.15, 0.2) is 23.3 Å². The molecule has 2 nitrogen and oxygen atoms in total. The molecular weight excluding hydrogens is 224 g/mol. The van der Waals surface area contributed by atoms with Crippen LogP contribution in [0.3, 0.4) is 0 Å². The number of ketones is 1. The van der Waals surface area contributed by atoms with Crippen LogP contribution in [-0.4, -0.2) is 18.5 Å². The third-order valence-electron chi connectivity index (χ3n) is 5.58. The van der Waals surface area contributed by atoms with E-state index in [0.717, 1.165) is 31.4 Å². The van der Waals surface area contributed by atoms with Gasteiger partial charge in [-0.3, -0.25) is 4.79 Å². The molecule has 0 radical (unpaired) electrons. The van der Waals surface area contributed by atoms with Crippen LogP contribution in [0.4, 0.5) is 0 Å². The van der Waals surface area contributed by atoms with E-state index in [9.17, 15) is 4.79 Å². The second-order valence-electron chi connectivity index (χ2n) is 6.42. The number of rotatable bonds is 2. The predicted octanol–water partition coefficient (Wildman–Crippen LogP) is 3.43. The van der Waals surface area contributed by atoms with Crippen LogP contribution in [0, 0.1) is 10.8 Å². The summed E-state index contributed by atoms with van der Waals surface area (Å²) in [5.41, 5.74) is 2.69. The normalized spacial score (nSPS) is 42.7. The Morgan fingerprint density at radius 2 is 2.22 bits per heavy atom. The molecule has 0 aromatic rings. The van der Waals surface area contributed by atoms with Crippen molar-refractivity contribution in [2.45, 2.75) is 52.6 Å². The Morgan fingerprint density at radius 3 is 2.83 bits per heavy atom. The van der Waals surface area contributed by atoms with Crippen molar-refractivity contribution in [3.05, 3.63) is 23.3 Å². The number of Topliss-reactive ketones (excluding diaryl/α,β-unsaturated/α-hetero) is 1. The van der Waals surface area contributed by atoms with Gasteiger partial charge in [-0.1, -0.05) is 24.6 Å². The molecule has 0 N–H and O–H groups in total. The van der Waals surface area contributed by atoms with Crippen LogP contribution >= 0.6 is 0 Å². The molecule has 1 fully saturated rings. The van der Waals surface area contributed by atoms with Crippen molar-refractivity contribution in [2.24, 2.45) is 10.8 Å². The lowest BCUT2D eigenvalue weighted by Crippen LogP contribution is -2.51. The minimum absolute atomic E-state index is 0.0389. The summed E-state index contributed by atoms with van der Waals surface area (Å²) in [6.07, 6.45) is 9.10. The highest BCUT2D eigenvalue weighted by Crippen LogP contribution is 2.63. The standard InChI is InChI=1S/C16H22O2/c1-11-4-7-16(8-9-18-14(16)10-11)15(3)6-5-13(15)12(2)17/h5,10,14H,4,6-9H2,1-3H3/t14-,15-,16+/m0/s1. The Kier molecular flexibility index (Phi) is 2.57. The molecule has 98 valence electrons. The fourth-order valence-corrected chi connectivity index (χ4v) is 4.29. The second-order valence-corrected chi connectivity index (χ2v) is 6.42. The molecular formula is C16H22O2. The Balaban J connectivity index is 2.01. The van der Waals surface area contributed by atoms with E-state index < -0.39 is 0 Å². The fourth-order valence-electron chi connectivity index (χ4n) is 4.29. The number of fused-ring (bicyclic) bond motifs is 1. The van der Waals surface area contributed by atoms with E-state index in [1.54, 1.807) is 6.92 Å². The number of hydrogen-bond acceptors (Lipinski definition) is 2. The van der Waals surface area contributed by atoms with Gasteiger partial charge in [0.25, 0.3) is 0 Å². The minimum Gasteiger partial charge on any atom is -0.374 e. The van der Waals surface area contributed by atoms with Gasteiger partial charge in [0.05, 0.1) is 6.10 Å². The minimum atomic E-state index is 0.0389. The van der Waals surface area contributed by atoms with Crippen molar-refractivity contribution >= 4 is 5.78 Å². The van der Waals surface area contributed by atoms with E-state index in [2.05, 4.69) is 26.0 Å². The zero-order valence-corrected chi connectivity index (χ0v) is 11.6. The van der Waals surface area contributed by atoms with Gasteiger partial charge in [-0.05, 0) is 45.1 Å². The van der Waals surface area contributed by atoms with Gasteiger partial charge in [-0.25, -0.2) is 0 Å². The number of allylic oxidation sites excluding steroid dienone is 3. The smallest absolute Gasteiger partial charge is 0.156 e. The molecule has 0 aromatic heterocycles. The monoisotopic (exact) mass is 246 g/mol. The van der Waals surface area contributed by atoms with E-state index in [4.69, 9.17) is 4.74 Å². The van der Waals surface area contributed by atoms with Gasteiger partial charge in [0.1, 0.15) is 0 Å². The number of carbonyl (C=O) groups is 1. The SMILES string of the molecule is CC(=O)C1=CC[C@]1(C)[C@]12CCO[C@H]1C=C(C)CC2. The molecule has 0 saturated carbocycles.